The highest BCUT2D eigenvalue weighted by Crippen LogP contribution is 2.33. The van der Waals surface area contributed by atoms with E-state index in [9.17, 15) is 9.59 Å². The van der Waals surface area contributed by atoms with Gasteiger partial charge in [0, 0.05) is 17.7 Å². The van der Waals surface area contributed by atoms with E-state index in [0.29, 0.717) is 42.0 Å². The molecule has 154 valence electrons. The fourth-order valence-corrected chi connectivity index (χ4v) is 3.93. The maximum atomic E-state index is 12.8. The van der Waals surface area contributed by atoms with E-state index in [1.165, 1.54) is 14.2 Å². The summed E-state index contributed by atoms with van der Waals surface area (Å²) >= 11 is 6.40. The summed E-state index contributed by atoms with van der Waals surface area (Å²) in [7, 11) is 4.52. The van der Waals surface area contributed by atoms with Gasteiger partial charge in [-0.3, -0.25) is 4.79 Å². The average Bonchev–Trinajstić information content (AvgIpc) is 2.69. The maximum absolute atomic E-state index is 12.8. The second-order valence-electron chi connectivity index (χ2n) is 6.92. The van der Waals surface area contributed by atoms with Crippen molar-refractivity contribution in [2.24, 2.45) is 0 Å². The van der Waals surface area contributed by atoms with E-state index in [0.717, 1.165) is 5.56 Å². The molecule has 0 unspecified atom stereocenters. The first-order chi connectivity index (χ1) is 13.4. The first kappa shape index (κ1) is 22.2. The lowest BCUT2D eigenvalue weighted by Crippen LogP contribution is -2.57. The molecule has 1 aliphatic rings. The smallest absolute Gasteiger partial charge is 0.331 e. The maximum Gasteiger partial charge on any atom is 0.331 e. The van der Waals surface area contributed by atoms with Crippen LogP contribution < -0.4 is 10.1 Å². The molecule has 0 bridgehead atoms. The highest BCUT2D eigenvalue weighted by molar-refractivity contribution is 6.32. The first-order valence-corrected chi connectivity index (χ1v) is 9.68. The van der Waals surface area contributed by atoms with E-state index in [-0.39, 0.29) is 18.4 Å². The number of benzene rings is 1. The van der Waals surface area contributed by atoms with E-state index in [4.69, 9.17) is 25.8 Å². The van der Waals surface area contributed by atoms with Gasteiger partial charge in [-0.25, -0.2) is 4.79 Å². The molecule has 1 saturated carbocycles. The van der Waals surface area contributed by atoms with Gasteiger partial charge < -0.3 is 19.5 Å². The molecule has 28 heavy (non-hydrogen) atoms. The van der Waals surface area contributed by atoms with E-state index >= 15 is 0 Å². The summed E-state index contributed by atoms with van der Waals surface area (Å²) in [5, 5.41) is 3.34. The normalized spacial score (nSPS) is 22.1. The highest BCUT2D eigenvalue weighted by atomic mass is 35.5. The number of carbonyl (C=O) groups excluding carboxylic acids is 2. The molecule has 1 aromatic carbocycles. The molecule has 6 nitrogen and oxygen atoms in total. The van der Waals surface area contributed by atoms with E-state index < -0.39 is 11.5 Å². The Morgan fingerprint density at radius 2 is 1.93 bits per heavy atom. The predicted molar refractivity (Wildman–Crippen MR) is 109 cm³/mol. The number of rotatable bonds is 7. The Labute approximate surface area is 171 Å². The van der Waals surface area contributed by atoms with Crippen LogP contribution in [0, 0.1) is 0 Å². The van der Waals surface area contributed by atoms with Crippen LogP contribution in [0.4, 0.5) is 0 Å². The number of nitrogens with one attached hydrogen (secondary N) is 1. The number of methoxy groups -OCH3 is 3. The van der Waals surface area contributed by atoms with Crippen LogP contribution in [0.3, 0.4) is 0 Å². The summed E-state index contributed by atoms with van der Waals surface area (Å²) in [6.07, 6.45) is 6.17. The van der Waals surface area contributed by atoms with Crippen molar-refractivity contribution in [2.75, 3.05) is 21.3 Å². The number of allylic oxidation sites excluding steroid dienone is 1. The van der Waals surface area contributed by atoms with Crippen molar-refractivity contribution in [1.82, 2.24) is 5.32 Å². The molecule has 0 atom stereocenters. The summed E-state index contributed by atoms with van der Waals surface area (Å²) in [4.78, 5) is 25.3. The molecule has 0 aliphatic heterocycles. The highest BCUT2D eigenvalue weighted by Gasteiger charge is 2.44. The Hall–Kier alpha value is -2.05. The van der Waals surface area contributed by atoms with Crippen LogP contribution in [0.2, 0.25) is 5.02 Å². The molecule has 1 amide bonds. The zero-order valence-electron chi connectivity index (χ0n) is 16.8. The summed E-state index contributed by atoms with van der Waals surface area (Å²) < 4.78 is 15.8. The lowest BCUT2D eigenvalue weighted by molar-refractivity contribution is -0.153. The number of hydrogen-bond donors (Lipinski definition) is 1. The first-order valence-electron chi connectivity index (χ1n) is 9.30. The summed E-state index contributed by atoms with van der Waals surface area (Å²) in [5.41, 5.74) is 0.434. The Bertz CT molecular complexity index is 739. The van der Waals surface area contributed by atoms with Crippen LogP contribution >= 0.6 is 11.6 Å². The minimum Gasteiger partial charge on any atom is -0.496 e. The SMILES string of the molecule is C/C=C/c1cc(Cl)c(CC(=O)NC2(C(=O)OC)CCC(OC)CC2)c(OC)c1. The van der Waals surface area contributed by atoms with E-state index in [1.54, 1.807) is 13.2 Å². The third kappa shape index (κ3) is 5.06. The van der Waals surface area contributed by atoms with Gasteiger partial charge in [0.2, 0.25) is 5.91 Å². The van der Waals surface area contributed by atoms with Crippen molar-refractivity contribution >= 4 is 29.6 Å². The van der Waals surface area contributed by atoms with Gasteiger partial charge in [-0.05, 0) is 50.3 Å². The summed E-state index contributed by atoms with van der Waals surface area (Å²) in [6, 6.07) is 3.61. The van der Waals surface area contributed by atoms with Crippen molar-refractivity contribution in [1.29, 1.82) is 0 Å². The molecule has 7 heteroatoms. The minimum absolute atomic E-state index is 0.00454. The predicted octanol–water partition coefficient (Wildman–Crippen LogP) is 3.54. The van der Waals surface area contributed by atoms with Gasteiger partial charge in [0.25, 0.3) is 0 Å². The molecular formula is C21H28ClNO5. The zero-order chi connectivity index (χ0) is 20.7. The number of esters is 1. The second kappa shape index (κ2) is 9.94. The third-order valence-electron chi connectivity index (χ3n) is 5.17. The largest absolute Gasteiger partial charge is 0.496 e. The van der Waals surface area contributed by atoms with Crippen LogP contribution in [-0.4, -0.2) is 44.8 Å². The second-order valence-corrected chi connectivity index (χ2v) is 7.32. The number of amides is 1. The molecule has 0 spiro atoms. The molecule has 1 aromatic rings. The molecule has 0 saturated heterocycles. The van der Waals surface area contributed by atoms with Gasteiger partial charge in [0.05, 0.1) is 26.7 Å². The Morgan fingerprint density at radius 1 is 1.25 bits per heavy atom. The quantitative estimate of drug-likeness (QED) is 0.697. The standard InChI is InChI=1S/C21H28ClNO5/c1-5-6-14-11-17(22)16(18(12-14)27-3)13-19(24)23-21(20(25)28-4)9-7-15(26-2)8-10-21/h5-6,11-12,15H,7-10,13H2,1-4H3,(H,23,24)/b6-5+. The molecule has 0 heterocycles. The van der Waals surface area contributed by atoms with Gasteiger partial charge in [-0.15, -0.1) is 0 Å². The minimum atomic E-state index is -1.04. The lowest BCUT2D eigenvalue weighted by atomic mass is 9.80. The van der Waals surface area contributed by atoms with Crippen molar-refractivity contribution in [3.05, 3.63) is 34.4 Å². The number of hydrogen-bond acceptors (Lipinski definition) is 5. The molecular weight excluding hydrogens is 382 g/mol. The van der Waals surface area contributed by atoms with Gasteiger partial charge in [-0.2, -0.15) is 0 Å². The Balaban J connectivity index is 2.20. The van der Waals surface area contributed by atoms with E-state index in [1.807, 2.05) is 25.1 Å². The fourth-order valence-electron chi connectivity index (χ4n) is 3.64. The van der Waals surface area contributed by atoms with Gasteiger partial charge in [0.15, 0.2) is 0 Å². The van der Waals surface area contributed by atoms with Gasteiger partial charge >= 0.3 is 5.97 Å². The zero-order valence-corrected chi connectivity index (χ0v) is 17.6. The van der Waals surface area contributed by atoms with Gasteiger partial charge in [0.1, 0.15) is 11.3 Å². The molecule has 2 rings (SSSR count). The fraction of sp³-hybridized carbons (Fsp3) is 0.524. The summed E-state index contributed by atoms with van der Waals surface area (Å²) in [6.45, 7) is 1.91. The number of halogens is 1. The van der Waals surface area contributed by atoms with Crippen LogP contribution in [-0.2, 0) is 25.5 Å². The van der Waals surface area contributed by atoms with Crippen LogP contribution in [0.5, 0.6) is 5.75 Å². The molecule has 0 aromatic heterocycles. The monoisotopic (exact) mass is 409 g/mol. The molecule has 1 fully saturated rings. The number of ether oxygens (including phenoxy) is 3. The van der Waals surface area contributed by atoms with E-state index in [2.05, 4.69) is 5.32 Å². The lowest BCUT2D eigenvalue weighted by Gasteiger charge is -2.38. The van der Waals surface area contributed by atoms with Crippen LogP contribution in [0.25, 0.3) is 6.08 Å². The van der Waals surface area contributed by atoms with Crippen molar-refractivity contribution < 1.29 is 23.8 Å². The molecule has 0 radical (unpaired) electrons. The molecule has 1 aliphatic carbocycles. The number of carbonyl (C=O) groups is 2. The average molecular weight is 410 g/mol. The van der Waals surface area contributed by atoms with Crippen molar-refractivity contribution in [3.63, 3.8) is 0 Å². The van der Waals surface area contributed by atoms with Crippen LogP contribution in [0.1, 0.15) is 43.7 Å². The molecule has 1 N–H and O–H groups in total. The van der Waals surface area contributed by atoms with Crippen LogP contribution in [0.15, 0.2) is 18.2 Å². The van der Waals surface area contributed by atoms with Crippen molar-refractivity contribution in [2.45, 2.75) is 50.7 Å². The topological polar surface area (TPSA) is 73.9 Å². The Morgan fingerprint density at radius 3 is 2.46 bits per heavy atom. The Kier molecular flexibility index (Phi) is 7.89. The van der Waals surface area contributed by atoms with Crippen molar-refractivity contribution in [3.8, 4) is 5.75 Å². The van der Waals surface area contributed by atoms with Gasteiger partial charge in [-0.1, -0.05) is 23.8 Å². The third-order valence-corrected chi connectivity index (χ3v) is 5.50. The summed E-state index contributed by atoms with van der Waals surface area (Å²) in [5.74, 6) is -0.205.